The van der Waals surface area contributed by atoms with Crippen molar-refractivity contribution in [1.29, 1.82) is 0 Å². The van der Waals surface area contributed by atoms with Gasteiger partial charge in [-0.05, 0) is 88.0 Å². The zero-order valence-corrected chi connectivity index (χ0v) is 27.0. The number of amides is 1. The second kappa shape index (κ2) is 13.0. The fourth-order valence-corrected chi connectivity index (χ4v) is 7.18. The third-order valence-electron chi connectivity index (χ3n) is 9.58. The first-order valence-electron chi connectivity index (χ1n) is 16.0. The minimum absolute atomic E-state index is 0.0360. The van der Waals surface area contributed by atoms with E-state index in [9.17, 15) is 19.2 Å². The van der Waals surface area contributed by atoms with Gasteiger partial charge in [-0.25, -0.2) is 0 Å². The summed E-state index contributed by atoms with van der Waals surface area (Å²) in [4.78, 5) is 59.9. The highest BCUT2D eigenvalue weighted by atomic mass is 16.2. The molecule has 1 saturated heterocycles. The monoisotopic (exact) mass is 608 g/mol. The molecule has 0 N–H and O–H groups in total. The van der Waals surface area contributed by atoms with E-state index in [0.29, 0.717) is 37.8 Å². The maximum atomic E-state index is 14.3. The quantitative estimate of drug-likeness (QED) is 0.116. The molecule has 2 aromatic heterocycles. The fraction of sp³-hybridized carbons (Fsp3) is 0.459. The number of aromatic nitrogens is 3. The van der Waals surface area contributed by atoms with Crippen molar-refractivity contribution in [3.8, 4) is 0 Å². The molecule has 2 aliphatic rings. The Balaban J connectivity index is 1.45. The topological polar surface area (TPSA) is 102 Å². The molecule has 0 spiro atoms. The number of aryl methyl sites for hydroxylation is 3. The van der Waals surface area contributed by atoms with Crippen LogP contribution in [0.3, 0.4) is 0 Å². The second-order valence-electron chi connectivity index (χ2n) is 13.1. The van der Waals surface area contributed by atoms with Gasteiger partial charge in [-0.15, -0.1) is 13.2 Å². The number of allylic oxidation sites excluding steroid dienone is 2. The van der Waals surface area contributed by atoms with E-state index in [-0.39, 0.29) is 47.7 Å². The molecule has 1 amide bonds. The van der Waals surface area contributed by atoms with Gasteiger partial charge in [-0.1, -0.05) is 29.8 Å². The molecule has 2 fully saturated rings. The normalized spacial score (nSPS) is 20.2. The van der Waals surface area contributed by atoms with Gasteiger partial charge in [-0.3, -0.25) is 28.8 Å². The molecule has 0 bridgehead atoms. The van der Waals surface area contributed by atoms with Crippen LogP contribution in [-0.4, -0.2) is 55.0 Å². The van der Waals surface area contributed by atoms with E-state index in [4.69, 9.17) is 0 Å². The number of likely N-dealkylation sites (tertiary alicyclic amines) is 1. The molecule has 5 rings (SSSR count). The second-order valence-corrected chi connectivity index (χ2v) is 13.1. The Bertz CT molecular complexity index is 1700. The van der Waals surface area contributed by atoms with Gasteiger partial charge in [0, 0.05) is 36.9 Å². The molecule has 1 aliphatic carbocycles. The van der Waals surface area contributed by atoms with Crippen LogP contribution >= 0.6 is 0 Å². The molecule has 236 valence electrons. The van der Waals surface area contributed by atoms with Gasteiger partial charge >= 0.3 is 0 Å². The zero-order chi connectivity index (χ0) is 32.5. The van der Waals surface area contributed by atoms with Crippen LogP contribution in [0.25, 0.3) is 10.9 Å². The van der Waals surface area contributed by atoms with Crippen LogP contribution in [0.15, 0.2) is 49.6 Å². The van der Waals surface area contributed by atoms with Gasteiger partial charge in [0.25, 0.3) is 0 Å². The van der Waals surface area contributed by atoms with Crippen LogP contribution in [-0.2, 0) is 33.8 Å². The van der Waals surface area contributed by atoms with Crippen LogP contribution in [0.1, 0.15) is 90.4 Å². The summed E-state index contributed by atoms with van der Waals surface area (Å²) in [6, 6.07) is 7.17. The van der Waals surface area contributed by atoms with Gasteiger partial charge < -0.3 is 4.90 Å². The summed E-state index contributed by atoms with van der Waals surface area (Å²) >= 11 is 0. The van der Waals surface area contributed by atoms with Crippen molar-refractivity contribution in [2.24, 2.45) is 5.41 Å². The van der Waals surface area contributed by atoms with Gasteiger partial charge in [-0.2, -0.15) is 5.10 Å². The number of unbranched alkanes of at least 4 members (excludes halogenated alkanes) is 1. The SMILES string of the molecule is C=CCCCC(=O)CC[C@@]12C[C@@H](C(=O)Cc3nc(C)ccc3C)N(C(=O)Cn3nc(C(C)=O)c4cc(C)cc(CC=C)c43)[C@@H]1C2. The van der Waals surface area contributed by atoms with E-state index in [0.717, 1.165) is 58.2 Å². The molecule has 3 aromatic rings. The summed E-state index contributed by atoms with van der Waals surface area (Å²) in [7, 11) is 0. The van der Waals surface area contributed by atoms with Gasteiger partial charge in [0.15, 0.2) is 11.6 Å². The lowest BCUT2D eigenvalue weighted by Crippen LogP contribution is -2.45. The molecule has 0 unspecified atom stereocenters. The van der Waals surface area contributed by atoms with Crippen molar-refractivity contribution in [3.63, 3.8) is 0 Å². The first-order valence-corrected chi connectivity index (χ1v) is 16.0. The van der Waals surface area contributed by atoms with Gasteiger partial charge in [0.05, 0.1) is 23.7 Å². The highest BCUT2D eigenvalue weighted by Crippen LogP contribution is 2.62. The maximum absolute atomic E-state index is 14.3. The van der Waals surface area contributed by atoms with Crippen molar-refractivity contribution in [2.75, 3.05) is 0 Å². The molecule has 3 atom stereocenters. The number of carbonyl (C=O) groups excluding carboxylic acids is 4. The van der Waals surface area contributed by atoms with Gasteiger partial charge in [0.2, 0.25) is 5.91 Å². The molecule has 8 nitrogen and oxygen atoms in total. The summed E-state index contributed by atoms with van der Waals surface area (Å²) in [5.41, 5.74) is 5.30. The first-order chi connectivity index (χ1) is 21.5. The van der Waals surface area contributed by atoms with Crippen molar-refractivity contribution in [1.82, 2.24) is 19.7 Å². The lowest BCUT2D eigenvalue weighted by Gasteiger charge is -2.27. The number of hydrogen-bond donors (Lipinski definition) is 0. The molecular formula is C37H44N4O4. The molecule has 45 heavy (non-hydrogen) atoms. The highest BCUT2D eigenvalue weighted by Gasteiger charge is 2.66. The minimum atomic E-state index is -0.599. The number of benzene rings is 1. The standard InChI is InChI=1S/C37H44N4O4/c1-7-9-10-12-28(43)15-16-37-20-31(32(44)19-30-24(4)13-14-25(5)38-30)41(33(37)21-37)34(45)22-40-36-27(11-8-2)17-23(3)18-29(36)35(39-40)26(6)42/h7-8,13-14,17-18,31,33H,1-2,9-12,15-16,19-22H2,3-6H3/t31-,33+,37-/m0/s1. The Morgan fingerprint density at radius 3 is 2.53 bits per heavy atom. The van der Waals surface area contributed by atoms with E-state index < -0.39 is 6.04 Å². The number of carbonyl (C=O) groups is 4. The molecule has 0 radical (unpaired) electrons. The average Bonchev–Trinajstić information content (AvgIpc) is 3.40. The number of ketones is 3. The lowest BCUT2D eigenvalue weighted by molar-refractivity contribution is -0.139. The van der Waals surface area contributed by atoms with Crippen LogP contribution in [0.5, 0.6) is 0 Å². The molecular weight excluding hydrogens is 564 g/mol. The maximum Gasteiger partial charge on any atom is 0.245 e. The number of rotatable bonds is 15. The summed E-state index contributed by atoms with van der Waals surface area (Å²) < 4.78 is 1.63. The molecule has 8 heteroatoms. The van der Waals surface area contributed by atoms with Crippen molar-refractivity contribution >= 4 is 34.2 Å². The number of piperidine rings is 1. The summed E-state index contributed by atoms with van der Waals surface area (Å²) in [6.45, 7) is 14.8. The van der Waals surface area contributed by atoms with Crippen molar-refractivity contribution in [3.05, 3.63) is 83.3 Å². The predicted octanol–water partition coefficient (Wildman–Crippen LogP) is 6.16. The third-order valence-corrected chi connectivity index (χ3v) is 9.58. The zero-order valence-electron chi connectivity index (χ0n) is 27.0. The Labute approximate surface area is 265 Å². The number of hydrogen-bond acceptors (Lipinski definition) is 6. The lowest BCUT2D eigenvalue weighted by atomic mass is 9.90. The molecule has 1 aliphatic heterocycles. The van der Waals surface area contributed by atoms with E-state index in [1.165, 1.54) is 6.92 Å². The van der Waals surface area contributed by atoms with E-state index in [1.807, 2.05) is 51.1 Å². The number of Topliss-reactive ketones (excluding diaryl/α,β-unsaturated/α-hetero) is 3. The third kappa shape index (κ3) is 6.60. The average molecular weight is 609 g/mol. The van der Waals surface area contributed by atoms with E-state index >= 15 is 0 Å². The summed E-state index contributed by atoms with van der Waals surface area (Å²) in [5.74, 6) is -0.191. The predicted molar refractivity (Wildman–Crippen MR) is 175 cm³/mol. The molecule has 1 aromatic carbocycles. The molecule has 1 saturated carbocycles. The fourth-order valence-electron chi connectivity index (χ4n) is 7.18. The van der Waals surface area contributed by atoms with E-state index in [2.05, 4.69) is 23.2 Å². The largest absolute Gasteiger partial charge is 0.327 e. The minimum Gasteiger partial charge on any atom is -0.327 e. The Morgan fingerprint density at radius 1 is 1.04 bits per heavy atom. The summed E-state index contributed by atoms with van der Waals surface area (Å²) in [6.07, 6.45) is 8.91. The van der Waals surface area contributed by atoms with Crippen LogP contribution in [0.4, 0.5) is 0 Å². The summed E-state index contributed by atoms with van der Waals surface area (Å²) in [5, 5.41) is 5.35. The highest BCUT2D eigenvalue weighted by molar-refractivity contribution is 6.06. The van der Waals surface area contributed by atoms with E-state index in [1.54, 1.807) is 15.7 Å². The molecule has 3 heterocycles. The van der Waals surface area contributed by atoms with Crippen LogP contribution < -0.4 is 0 Å². The van der Waals surface area contributed by atoms with Crippen molar-refractivity contribution in [2.45, 2.75) is 104 Å². The number of fused-ring (bicyclic) bond motifs is 2. The Kier molecular flexibility index (Phi) is 9.33. The Hall–Kier alpha value is -4.20. The first kappa shape index (κ1) is 32.2. The van der Waals surface area contributed by atoms with Crippen LogP contribution in [0.2, 0.25) is 0 Å². The van der Waals surface area contributed by atoms with Crippen LogP contribution in [0, 0.1) is 26.2 Å². The smallest absolute Gasteiger partial charge is 0.245 e. The number of pyridine rings is 1. The van der Waals surface area contributed by atoms with Gasteiger partial charge in [0.1, 0.15) is 18.0 Å². The van der Waals surface area contributed by atoms with Crippen molar-refractivity contribution < 1.29 is 19.2 Å². The Morgan fingerprint density at radius 2 is 1.82 bits per heavy atom. The number of nitrogens with zero attached hydrogens (tertiary/aromatic N) is 4.